The van der Waals surface area contributed by atoms with Crippen LogP contribution < -0.4 is 4.90 Å². The van der Waals surface area contributed by atoms with Crippen LogP contribution in [0.5, 0.6) is 0 Å². The zero-order valence-electron chi connectivity index (χ0n) is 35.4. The van der Waals surface area contributed by atoms with E-state index in [9.17, 15) is 0 Å². The predicted molar refractivity (Wildman–Crippen MR) is 245 cm³/mol. The Hall–Kier alpha value is -5.66. The molecule has 0 aromatic heterocycles. The van der Waals surface area contributed by atoms with Crippen molar-refractivity contribution in [1.82, 2.24) is 0 Å². The van der Waals surface area contributed by atoms with Crippen molar-refractivity contribution in [3.63, 3.8) is 0 Å². The first kappa shape index (κ1) is 36.9. The van der Waals surface area contributed by atoms with Crippen LogP contribution in [-0.2, 0) is 21.7 Å². The number of anilines is 3. The minimum Gasteiger partial charge on any atom is -0.310 e. The lowest BCUT2D eigenvalue weighted by atomic mass is 9.78. The molecule has 0 atom stereocenters. The lowest BCUT2D eigenvalue weighted by Crippen LogP contribution is -2.19. The van der Waals surface area contributed by atoms with E-state index in [-0.39, 0.29) is 21.7 Å². The van der Waals surface area contributed by atoms with Gasteiger partial charge in [0.15, 0.2) is 0 Å². The average Bonchev–Trinajstić information content (AvgIpc) is 3.57. The molecule has 284 valence electrons. The molecule has 0 radical (unpaired) electrons. The first-order valence-electron chi connectivity index (χ1n) is 20.7. The van der Waals surface area contributed by atoms with Crippen LogP contribution >= 0.6 is 0 Å². The summed E-state index contributed by atoms with van der Waals surface area (Å²) in [6, 6.07) is 57.4. The molecule has 9 rings (SSSR count). The SMILES string of the molecule is CC(C)(C)c1cc(N(c2ccc(-c3ccccc3-c3cccc4c3C(C)(C)c3ccccc3-4)cc2)c2ccc3c(c2)C(C)(C)c2ccccc2-3)cc(C(C)(C)C)c1. The maximum Gasteiger partial charge on any atom is 0.0467 e. The summed E-state index contributed by atoms with van der Waals surface area (Å²) >= 11 is 0. The van der Waals surface area contributed by atoms with Gasteiger partial charge < -0.3 is 4.90 Å². The lowest BCUT2D eigenvalue weighted by molar-refractivity contribution is 0.569. The van der Waals surface area contributed by atoms with Crippen LogP contribution in [0.2, 0.25) is 0 Å². The van der Waals surface area contributed by atoms with E-state index in [1.165, 1.54) is 89.3 Å². The quantitative estimate of drug-likeness (QED) is 0.170. The Balaban J connectivity index is 1.20. The summed E-state index contributed by atoms with van der Waals surface area (Å²) in [6.07, 6.45) is 0. The van der Waals surface area contributed by atoms with Gasteiger partial charge in [-0.25, -0.2) is 0 Å². The minimum atomic E-state index is -0.0987. The van der Waals surface area contributed by atoms with E-state index >= 15 is 0 Å². The second-order valence-corrected chi connectivity index (χ2v) is 19.5. The van der Waals surface area contributed by atoms with E-state index in [1.54, 1.807) is 0 Å². The molecule has 7 aromatic carbocycles. The van der Waals surface area contributed by atoms with E-state index in [0.717, 1.165) is 5.69 Å². The van der Waals surface area contributed by atoms with Gasteiger partial charge in [0, 0.05) is 27.9 Å². The van der Waals surface area contributed by atoms with Gasteiger partial charge in [0.25, 0.3) is 0 Å². The van der Waals surface area contributed by atoms with Crippen LogP contribution in [0.3, 0.4) is 0 Å². The number of benzene rings is 7. The van der Waals surface area contributed by atoms with Gasteiger partial charge in [0.1, 0.15) is 0 Å². The zero-order valence-corrected chi connectivity index (χ0v) is 35.4. The highest BCUT2D eigenvalue weighted by Gasteiger charge is 2.38. The number of hydrogen-bond donors (Lipinski definition) is 0. The van der Waals surface area contributed by atoms with Crippen LogP contribution in [0.25, 0.3) is 44.5 Å². The van der Waals surface area contributed by atoms with E-state index < -0.39 is 0 Å². The first-order chi connectivity index (χ1) is 27.0. The summed E-state index contributed by atoms with van der Waals surface area (Å²) in [6.45, 7) is 23.5. The molecule has 2 aliphatic carbocycles. The second kappa shape index (κ2) is 12.9. The lowest BCUT2D eigenvalue weighted by Gasteiger charge is -2.32. The summed E-state index contributed by atoms with van der Waals surface area (Å²) in [5, 5.41) is 0. The van der Waals surface area contributed by atoms with Crippen molar-refractivity contribution >= 4 is 17.1 Å². The van der Waals surface area contributed by atoms with Crippen molar-refractivity contribution in [3.8, 4) is 44.5 Å². The second-order valence-electron chi connectivity index (χ2n) is 19.5. The standard InChI is InChI=1S/C56H55N/c1-53(2,3)37-32-38(54(4,5)6)34-41(33-37)57(40-30-31-46-44-20-13-15-24-49(44)55(7,8)51(46)35-40)39-28-26-36(27-29-39)42-18-11-12-19-43(42)47-22-17-23-48-45-21-14-16-25-50(45)56(9,10)52(47)48/h11-35H,1-10H3. The molecule has 0 saturated carbocycles. The van der Waals surface area contributed by atoms with E-state index in [1.807, 2.05) is 0 Å². The van der Waals surface area contributed by atoms with Crippen LogP contribution in [0.1, 0.15) is 103 Å². The maximum absolute atomic E-state index is 2.49. The van der Waals surface area contributed by atoms with Gasteiger partial charge in [-0.05, 0) is 125 Å². The first-order valence-corrected chi connectivity index (χ1v) is 20.7. The van der Waals surface area contributed by atoms with Crippen molar-refractivity contribution in [2.75, 3.05) is 4.90 Å². The average molecular weight is 742 g/mol. The van der Waals surface area contributed by atoms with Crippen molar-refractivity contribution in [3.05, 3.63) is 185 Å². The summed E-state index contributed by atoms with van der Waals surface area (Å²) < 4.78 is 0. The molecule has 0 saturated heterocycles. The Kier molecular flexibility index (Phi) is 8.38. The van der Waals surface area contributed by atoms with Crippen LogP contribution in [-0.4, -0.2) is 0 Å². The van der Waals surface area contributed by atoms with Gasteiger partial charge in [0.05, 0.1) is 0 Å². The molecule has 0 N–H and O–H groups in total. The third kappa shape index (κ3) is 5.97. The van der Waals surface area contributed by atoms with Crippen molar-refractivity contribution in [1.29, 1.82) is 0 Å². The van der Waals surface area contributed by atoms with Gasteiger partial charge in [-0.15, -0.1) is 0 Å². The van der Waals surface area contributed by atoms with Gasteiger partial charge in [-0.2, -0.15) is 0 Å². The van der Waals surface area contributed by atoms with Gasteiger partial charge >= 0.3 is 0 Å². The van der Waals surface area contributed by atoms with E-state index in [2.05, 4.69) is 226 Å². The fourth-order valence-corrected chi connectivity index (χ4v) is 9.72. The third-order valence-electron chi connectivity index (χ3n) is 13.0. The molecular formula is C56H55N. The van der Waals surface area contributed by atoms with Gasteiger partial charge in [0.2, 0.25) is 0 Å². The molecule has 0 bridgehead atoms. The number of nitrogens with zero attached hydrogens (tertiary/aromatic N) is 1. The number of rotatable bonds is 5. The molecule has 0 spiro atoms. The molecule has 0 unspecified atom stereocenters. The summed E-state index contributed by atoms with van der Waals surface area (Å²) in [4.78, 5) is 2.49. The van der Waals surface area contributed by atoms with Gasteiger partial charge in [-0.1, -0.05) is 184 Å². The normalized spacial score (nSPS) is 14.8. The molecule has 7 aromatic rings. The molecule has 0 aliphatic heterocycles. The molecule has 1 heteroatoms. The van der Waals surface area contributed by atoms with Crippen molar-refractivity contribution in [2.24, 2.45) is 0 Å². The molecule has 57 heavy (non-hydrogen) atoms. The highest BCUT2D eigenvalue weighted by atomic mass is 15.1. The highest BCUT2D eigenvalue weighted by Crippen LogP contribution is 2.54. The van der Waals surface area contributed by atoms with Crippen LogP contribution in [0, 0.1) is 0 Å². The van der Waals surface area contributed by atoms with Gasteiger partial charge in [-0.3, -0.25) is 0 Å². The molecule has 0 fully saturated rings. The number of hydrogen-bond acceptors (Lipinski definition) is 1. The smallest absolute Gasteiger partial charge is 0.0467 e. The molecule has 0 amide bonds. The molecule has 1 nitrogen and oxygen atoms in total. The fourth-order valence-electron chi connectivity index (χ4n) is 9.72. The summed E-state index contributed by atoms with van der Waals surface area (Å²) in [5.41, 5.74) is 22.0. The predicted octanol–water partition coefficient (Wildman–Crippen LogP) is 15.7. The van der Waals surface area contributed by atoms with Crippen LogP contribution in [0.15, 0.2) is 152 Å². The Morgan fingerprint density at radius 3 is 1.40 bits per heavy atom. The third-order valence-corrected chi connectivity index (χ3v) is 13.0. The Labute approximate surface area is 341 Å². The maximum atomic E-state index is 2.49. The summed E-state index contributed by atoms with van der Waals surface area (Å²) in [5.74, 6) is 0. The molecule has 0 heterocycles. The molecule has 2 aliphatic rings. The van der Waals surface area contributed by atoms with Crippen LogP contribution in [0.4, 0.5) is 17.1 Å². The zero-order chi connectivity index (χ0) is 40.1. The minimum absolute atomic E-state index is 0.00956. The summed E-state index contributed by atoms with van der Waals surface area (Å²) in [7, 11) is 0. The Bertz CT molecular complexity index is 2660. The topological polar surface area (TPSA) is 3.24 Å². The fraction of sp³-hybridized carbons (Fsp3) is 0.250. The van der Waals surface area contributed by atoms with E-state index in [4.69, 9.17) is 0 Å². The van der Waals surface area contributed by atoms with Crippen molar-refractivity contribution < 1.29 is 0 Å². The molecular weight excluding hydrogens is 687 g/mol. The van der Waals surface area contributed by atoms with E-state index in [0.29, 0.717) is 0 Å². The largest absolute Gasteiger partial charge is 0.310 e. The number of fused-ring (bicyclic) bond motifs is 6. The monoisotopic (exact) mass is 741 g/mol. The Morgan fingerprint density at radius 2 is 0.807 bits per heavy atom. The highest BCUT2D eigenvalue weighted by molar-refractivity contribution is 5.93. The van der Waals surface area contributed by atoms with Crippen molar-refractivity contribution in [2.45, 2.75) is 90.9 Å². The Morgan fingerprint density at radius 1 is 0.351 bits per heavy atom.